The molecule has 2 N–H and O–H groups in total. The topological polar surface area (TPSA) is 64.9 Å². The molecule has 1 saturated heterocycles. The molecule has 1 heterocycles. The van der Waals surface area contributed by atoms with Crippen LogP contribution in [0.5, 0.6) is 5.75 Å². The van der Waals surface area contributed by atoms with Crippen molar-refractivity contribution >= 4 is 5.78 Å². The number of ketones is 1. The summed E-state index contributed by atoms with van der Waals surface area (Å²) >= 11 is 0. The average Bonchev–Trinajstić information content (AvgIpc) is 3.12. The van der Waals surface area contributed by atoms with E-state index in [0.29, 0.717) is 13.0 Å². The summed E-state index contributed by atoms with van der Waals surface area (Å²) in [5.41, 5.74) is 6.74. The molecule has 2 unspecified atom stereocenters. The van der Waals surface area contributed by atoms with Crippen LogP contribution in [0.3, 0.4) is 0 Å². The zero-order valence-electron chi connectivity index (χ0n) is 9.89. The van der Waals surface area contributed by atoms with Crippen LogP contribution < -0.4 is 10.5 Å². The third-order valence-corrected chi connectivity index (χ3v) is 2.74. The fourth-order valence-electron chi connectivity index (χ4n) is 1.47. The van der Waals surface area contributed by atoms with Crippen molar-refractivity contribution in [1.82, 2.24) is 0 Å². The third-order valence-electron chi connectivity index (χ3n) is 2.74. The van der Waals surface area contributed by atoms with Crippen molar-refractivity contribution in [1.29, 1.82) is 0 Å². The molecule has 1 fully saturated rings. The lowest BCUT2D eigenvalue weighted by molar-refractivity contribution is -0.118. The molecule has 2 atom stereocenters. The molecule has 17 heavy (non-hydrogen) atoms. The maximum absolute atomic E-state index is 11.0. The first-order chi connectivity index (χ1) is 8.15. The van der Waals surface area contributed by atoms with Crippen LogP contribution >= 0.6 is 0 Å². The number of carbonyl (C=O) groups is 1. The Balaban J connectivity index is 1.85. The van der Waals surface area contributed by atoms with Gasteiger partial charge in [-0.1, -0.05) is 12.1 Å². The Kier molecular flexibility index (Phi) is 3.76. The fourth-order valence-corrected chi connectivity index (χ4v) is 1.47. The van der Waals surface area contributed by atoms with Gasteiger partial charge in [0.1, 0.15) is 24.2 Å². The smallest absolute Gasteiger partial charge is 0.146 e. The summed E-state index contributed by atoms with van der Waals surface area (Å²) in [7, 11) is 0. The zero-order valence-corrected chi connectivity index (χ0v) is 9.89. The van der Waals surface area contributed by atoms with Crippen LogP contribution in [0.25, 0.3) is 0 Å². The van der Waals surface area contributed by atoms with Crippen molar-refractivity contribution in [2.24, 2.45) is 5.73 Å². The Bertz CT molecular complexity index is 384. The number of rotatable bonds is 6. The van der Waals surface area contributed by atoms with Gasteiger partial charge >= 0.3 is 0 Å². The highest BCUT2D eigenvalue weighted by Gasteiger charge is 2.22. The minimum Gasteiger partial charge on any atom is -0.491 e. The molecule has 2 rings (SSSR count). The van der Waals surface area contributed by atoms with Gasteiger partial charge in [-0.2, -0.15) is 0 Å². The molecule has 1 aliphatic rings. The van der Waals surface area contributed by atoms with E-state index in [9.17, 15) is 4.79 Å². The van der Waals surface area contributed by atoms with Crippen molar-refractivity contribution in [3.05, 3.63) is 29.8 Å². The molecule has 92 valence electrons. The van der Waals surface area contributed by atoms with Crippen molar-refractivity contribution < 1.29 is 14.3 Å². The lowest BCUT2D eigenvalue weighted by atomic mass is 10.0. The summed E-state index contributed by atoms with van der Waals surface area (Å²) in [6.45, 7) is 2.91. The minimum atomic E-state index is -0.415. The van der Waals surface area contributed by atoms with Crippen LogP contribution in [0.15, 0.2) is 24.3 Å². The standard InChI is InChI=1S/C13H17NO3/c1-9(15)13(14)6-10-2-4-11(5-3-10)16-7-12-8-17-12/h2-5,12-13H,6-8,14H2,1H3. The summed E-state index contributed by atoms with van der Waals surface area (Å²) in [5.74, 6) is 0.830. The molecule has 1 aliphatic heterocycles. The highest BCUT2D eigenvalue weighted by molar-refractivity contribution is 5.81. The third kappa shape index (κ3) is 3.84. The van der Waals surface area contributed by atoms with Gasteiger partial charge in [0.15, 0.2) is 0 Å². The predicted octanol–water partition coefficient (Wildman–Crippen LogP) is 0.923. The zero-order chi connectivity index (χ0) is 12.3. The fraction of sp³-hybridized carbons (Fsp3) is 0.462. The largest absolute Gasteiger partial charge is 0.491 e. The van der Waals surface area contributed by atoms with Crippen LogP contribution in [0, 0.1) is 0 Å². The predicted molar refractivity (Wildman–Crippen MR) is 64.0 cm³/mol. The second kappa shape index (κ2) is 5.29. The molecule has 1 aromatic carbocycles. The Labute approximate surface area is 101 Å². The van der Waals surface area contributed by atoms with Crippen LogP contribution in [-0.4, -0.2) is 31.1 Å². The van der Waals surface area contributed by atoms with E-state index in [4.69, 9.17) is 15.2 Å². The second-order valence-electron chi connectivity index (χ2n) is 4.33. The van der Waals surface area contributed by atoms with Crippen LogP contribution in [0.2, 0.25) is 0 Å². The van der Waals surface area contributed by atoms with E-state index < -0.39 is 6.04 Å². The second-order valence-corrected chi connectivity index (χ2v) is 4.33. The van der Waals surface area contributed by atoms with E-state index in [2.05, 4.69) is 0 Å². The first-order valence-corrected chi connectivity index (χ1v) is 5.74. The van der Waals surface area contributed by atoms with E-state index >= 15 is 0 Å². The van der Waals surface area contributed by atoms with Gasteiger partial charge in [0.2, 0.25) is 0 Å². The Morgan fingerprint density at radius 2 is 2.18 bits per heavy atom. The summed E-state index contributed by atoms with van der Waals surface area (Å²) in [6, 6.07) is 7.24. The van der Waals surface area contributed by atoms with E-state index in [0.717, 1.165) is 17.9 Å². The van der Waals surface area contributed by atoms with Gasteiger partial charge in [-0.3, -0.25) is 4.79 Å². The molecule has 0 radical (unpaired) electrons. The molecule has 4 nitrogen and oxygen atoms in total. The molecule has 0 bridgehead atoms. The molecule has 0 aromatic heterocycles. The maximum atomic E-state index is 11.0. The number of hydrogen-bond donors (Lipinski definition) is 1. The van der Waals surface area contributed by atoms with E-state index in [1.165, 1.54) is 6.92 Å². The van der Waals surface area contributed by atoms with Gasteiger partial charge in [0, 0.05) is 0 Å². The number of benzene rings is 1. The molecular formula is C13H17NO3. The van der Waals surface area contributed by atoms with Gasteiger partial charge in [-0.05, 0) is 31.0 Å². The van der Waals surface area contributed by atoms with Crippen molar-refractivity contribution in [3.63, 3.8) is 0 Å². The molecule has 0 spiro atoms. The van der Waals surface area contributed by atoms with E-state index in [-0.39, 0.29) is 11.9 Å². The molecular weight excluding hydrogens is 218 g/mol. The summed E-state index contributed by atoms with van der Waals surface area (Å²) < 4.78 is 10.6. The quantitative estimate of drug-likeness (QED) is 0.745. The van der Waals surface area contributed by atoms with Gasteiger partial charge in [0.05, 0.1) is 12.6 Å². The number of epoxide rings is 1. The number of nitrogens with two attached hydrogens (primary N) is 1. The minimum absolute atomic E-state index is 0.0104. The van der Waals surface area contributed by atoms with Crippen LogP contribution in [-0.2, 0) is 16.0 Å². The number of carbonyl (C=O) groups excluding carboxylic acids is 1. The molecule has 4 heteroatoms. The molecule has 0 amide bonds. The van der Waals surface area contributed by atoms with Gasteiger partial charge in [-0.15, -0.1) is 0 Å². The van der Waals surface area contributed by atoms with Gasteiger partial charge in [-0.25, -0.2) is 0 Å². The first-order valence-electron chi connectivity index (χ1n) is 5.74. The molecule has 1 aromatic rings. The van der Waals surface area contributed by atoms with Gasteiger partial charge < -0.3 is 15.2 Å². The molecule has 0 saturated carbocycles. The Morgan fingerprint density at radius 3 is 2.71 bits per heavy atom. The first kappa shape index (κ1) is 12.1. The van der Waals surface area contributed by atoms with Crippen LogP contribution in [0.4, 0.5) is 0 Å². The summed E-state index contributed by atoms with van der Waals surface area (Å²) in [4.78, 5) is 11.0. The number of Topliss-reactive ketones (excluding diaryl/α,β-unsaturated/α-hetero) is 1. The summed E-state index contributed by atoms with van der Waals surface area (Å²) in [6.07, 6.45) is 0.835. The SMILES string of the molecule is CC(=O)C(N)Cc1ccc(OCC2CO2)cc1. The number of ether oxygens (including phenoxy) is 2. The average molecular weight is 235 g/mol. The lowest BCUT2D eigenvalue weighted by Gasteiger charge is -2.09. The van der Waals surface area contributed by atoms with Crippen molar-refractivity contribution in [2.45, 2.75) is 25.5 Å². The van der Waals surface area contributed by atoms with Crippen molar-refractivity contribution in [3.8, 4) is 5.75 Å². The normalized spacial score (nSPS) is 19.8. The number of hydrogen-bond acceptors (Lipinski definition) is 4. The maximum Gasteiger partial charge on any atom is 0.146 e. The highest BCUT2D eigenvalue weighted by Crippen LogP contribution is 2.16. The van der Waals surface area contributed by atoms with Gasteiger partial charge in [0.25, 0.3) is 0 Å². The Hall–Kier alpha value is -1.39. The monoisotopic (exact) mass is 235 g/mol. The Morgan fingerprint density at radius 1 is 1.53 bits per heavy atom. The van der Waals surface area contributed by atoms with E-state index in [1.54, 1.807) is 0 Å². The van der Waals surface area contributed by atoms with E-state index in [1.807, 2.05) is 24.3 Å². The highest BCUT2D eigenvalue weighted by atomic mass is 16.6. The van der Waals surface area contributed by atoms with Crippen molar-refractivity contribution in [2.75, 3.05) is 13.2 Å². The molecule has 0 aliphatic carbocycles. The lowest BCUT2D eigenvalue weighted by Crippen LogP contribution is -2.30. The van der Waals surface area contributed by atoms with Crippen LogP contribution in [0.1, 0.15) is 12.5 Å². The summed E-state index contributed by atoms with van der Waals surface area (Å²) in [5, 5.41) is 0.